The quantitative estimate of drug-likeness (QED) is 0.814. The number of carbonyl (C=O) groups excluding carboxylic acids is 1. The molecule has 1 aliphatic heterocycles. The van der Waals surface area contributed by atoms with Gasteiger partial charge in [-0.05, 0) is 36.6 Å². The smallest absolute Gasteiger partial charge is 0.244 e. The van der Waals surface area contributed by atoms with Crippen LogP contribution in [-0.2, 0) is 19.6 Å². The second-order valence-electron chi connectivity index (χ2n) is 5.70. The molecule has 1 amide bonds. The first kappa shape index (κ1) is 16.2. The van der Waals surface area contributed by atoms with Crippen LogP contribution in [0.2, 0.25) is 0 Å². The van der Waals surface area contributed by atoms with Crippen LogP contribution in [0.1, 0.15) is 18.4 Å². The molecule has 1 saturated heterocycles. The fraction of sp³-hybridized carbons (Fsp3) is 0.438. The number of ether oxygens (including phenoxy) is 1. The molecular formula is C16H20N2O4S. The molecule has 0 atom stereocenters. The summed E-state index contributed by atoms with van der Waals surface area (Å²) in [6, 6.07) is 6.88. The average Bonchev–Trinajstić information content (AvgIpc) is 3.38. The first-order chi connectivity index (χ1) is 11.1. The highest BCUT2D eigenvalue weighted by molar-refractivity contribution is 7.89. The van der Waals surface area contributed by atoms with Crippen molar-refractivity contribution >= 4 is 22.0 Å². The molecule has 0 bridgehead atoms. The summed E-state index contributed by atoms with van der Waals surface area (Å²) in [5.74, 6) is -0.113. The Morgan fingerprint density at radius 1 is 1.17 bits per heavy atom. The number of hydrogen-bond acceptors (Lipinski definition) is 4. The van der Waals surface area contributed by atoms with Crippen molar-refractivity contribution in [1.82, 2.24) is 9.62 Å². The molecule has 1 saturated carbocycles. The third kappa shape index (κ3) is 4.19. The molecule has 0 radical (unpaired) electrons. The second kappa shape index (κ2) is 6.82. The van der Waals surface area contributed by atoms with Crippen molar-refractivity contribution < 1.29 is 17.9 Å². The van der Waals surface area contributed by atoms with E-state index in [0.29, 0.717) is 32.3 Å². The number of morpholine rings is 1. The van der Waals surface area contributed by atoms with Gasteiger partial charge < -0.3 is 10.1 Å². The Kier molecular flexibility index (Phi) is 4.79. The number of nitrogens with one attached hydrogen (secondary N) is 1. The van der Waals surface area contributed by atoms with Crippen molar-refractivity contribution in [3.05, 3.63) is 35.9 Å². The summed E-state index contributed by atoms with van der Waals surface area (Å²) < 4.78 is 31.6. The second-order valence-corrected chi connectivity index (χ2v) is 7.64. The van der Waals surface area contributed by atoms with Gasteiger partial charge in [0, 0.05) is 25.2 Å². The molecular weight excluding hydrogens is 316 g/mol. The van der Waals surface area contributed by atoms with Gasteiger partial charge in [0.05, 0.1) is 18.1 Å². The van der Waals surface area contributed by atoms with Crippen LogP contribution in [0, 0.1) is 0 Å². The molecule has 3 rings (SSSR count). The zero-order valence-corrected chi connectivity index (χ0v) is 13.6. The summed E-state index contributed by atoms with van der Waals surface area (Å²) >= 11 is 0. The van der Waals surface area contributed by atoms with Gasteiger partial charge in [0.25, 0.3) is 0 Å². The van der Waals surface area contributed by atoms with Gasteiger partial charge in [-0.3, -0.25) is 4.79 Å². The highest BCUT2D eigenvalue weighted by Gasteiger charge is 2.26. The first-order valence-electron chi connectivity index (χ1n) is 7.72. The molecule has 7 heteroatoms. The molecule has 6 nitrogen and oxygen atoms in total. The molecule has 0 spiro atoms. The number of benzene rings is 1. The van der Waals surface area contributed by atoms with E-state index in [1.165, 1.54) is 10.4 Å². The third-order valence-corrected chi connectivity index (χ3v) is 5.75. The van der Waals surface area contributed by atoms with Crippen molar-refractivity contribution in [3.63, 3.8) is 0 Å². The highest BCUT2D eigenvalue weighted by atomic mass is 32.2. The molecule has 124 valence electrons. The molecule has 0 unspecified atom stereocenters. The number of hydrogen-bond donors (Lipinski definition) is 1. The maximum Gasteiger partial charge on any atom is 0.244 e. The van der Waals surface area contributed by atoms with Gasteiger partial charge in [0.2, 0.25) is 15.9 Å². The minimum Gasteiger partial charge on any atom is -0.379 e. The van der Waals surface area contributed by atoms with Crippen LogP contribution in [0.5, 0.6) is 0 Å². The normalized spacial score (nSPS) is 19.8. The SMILES string of the molecule is O=C(/C=C/c1ccc(S(=O)(=O)N2CCOCC2)cc1)NC1CC1. The summed E-state index contributed by atoms with van der Waals surface area (Å²) in [6.07, 6.45) is 5.26. The molecule has 0 aromatic heterocycles. The van der Waals surface area contributed by atoms with E-state index in [2.05, 4.69) is 5.32 Å². The maximum absolute atomic E-state index is 12.5. The largest absolute Gasteiger partial charge is 0.379 e. The summed E-state index contributed by atoms with van der Waals surface area (Å²) in [6.45, 7) is 1.61. The van der Waals surface area contributed by atoms with Crippen molar-refractivity contribution in [1.29, 1.82) is 0 Å². The Balaban J connectivity index is 1.66. The molecule has 1 heterocycles. The molecule has 23 heavy (non-hydrogen) atoms. The van der Waals surface area contributed by atoms with E-state index < -0.39 is 10.0 Å². The van der Waals surface area contributed by atoms with Crippen LogP contribution >= 0.6 is 0 Å². The van der Waals surface area contributed by atoms with Crippen molar-refractivity contribution in [2.45, 2.75) is 23.8 Å². The van der Waals surface area contributed by atoms with Gasteiger partial charge in [0.15, 0.2) is 0 Å². The summed E-state index contributed by atoms with van der Waals surface area (Å²) in [5.41, 5.74) is 0.789. The molecule has 1 aliphatic carbocycles. The van der Waals surface area contributed by atoms with Crippen LogP contribution in [0.3, 0.4) is 0 Å². The molecule has 2 aliphatic rings. The maximum atomic E-state index is 12.5. The number of carbonyl (C=O) groups is 1. The van der Waals surface area contributed by atoms with Crippen LogP contribution < -0.4 is 5.32 Å². The Hall–Kier alpha value is -1.70. The average molecular weight is 336 g/mol. The van der Waals surface area contributed by atoms with Crippen LogP contribution in [-0.4, -0.2) is 51.0 Å². The highest BCUT2D eigenvalue weighted by Crippen LogP contribution is 2.19. The Bertz CT molecular complexity index is 687. The van der Waals surface area contributed by atoms with Crippen LogP contribution in [0.15, 0.2) is 35.2 Å². The Labute approximate surface area is 136 Å². The molecule has 2 fully saturated rings. The van der Waals surface area contributed by atoms with Gasteiger partial charge in [-0.25, -0.2) is 8.42 Å². The van der Waals surface area contributed by atoms with Crippen molar-refractivity contribution in [3.8, 4) is 0 Å². The van der Waals surface area contributed by atoms with Crippen molar-refractivity contribution in [2.75, 3.05) is 26.3 Å². The summed E-state index contributed by atoms with van der Waals surface area (Å²) in [7, 11) is -3.47. The topological polar surface area (TPSA) is 75.7 Å². The number of rotatable bonds is 5. The van der Waals surface area contributed by atoms with Gasteiger partial charge in [-0.15, -0.1) is 0 Å². The number of nitrogens with zero attached hydrogens (tertiary/aromatic N) is 1. The van der Waals surface area contributed by atoms with E-state index in [0.717, 1.165) is 18.4 Å². The van der Waals surface area contributed by atoms with Crippen LogP contribution in [0.25, 0.3) is 6.08 Å². The first-order valence-corrected chi connectivity index (χ1v) is 9.16. The predicted octanol–water partition coefficient (Wildman–Crippen LogP) is 0.999. The zero-order valence-electron chi connectivity index (χ0n) is 12.8. The van der Waals surface area contributed by atoms with E-state index >= 15 is 0 Å². The third-order valence-electron chi connectivity index (χ3n) is 3.84. The standard InChI is InChI=1S/C16H20N2O4S/c19-16(17-14-4-5-14)8-3-13-1-6-15(7-2-13)23(20,21)18-9-11-22-12-10-18/h1-3,6-8,14H,4-5,9-12H2,(H,17,19)/b8-3+. The number of sulfonamides is 1. The monoisotopic (exact) mass is 336 g/mol. The molecule has 1 N–H and O–H groups in total. The van der Waals surface area contributed by atoms with Gasteiger partial charge in [-0.1, -0.05) is 12.1 Å². The van der Waals surface area contributed by atoms with E-state index in [-0.39, 0.29) is 10.8 Å². The zero-order chi connectivity index (χ0) is 16.3. The lowest BCUT2D eigenvalue weighted by atomic mass is 10.2. The minimum atomic E-state index is -3.47. The molecule has 1 aromatic carbocycles. The molecule has 1 aromatic rings. The predicted molar refractivity (Wildman–Crippen MR) is 86.2 cm³/mol. The lowest BCUT2D eigenvalue weighted by Crippen LogP contribution is -2.40. The lowest BCUT2D eigenvalue weighted by Gasteiger charge is -2.26. The summed E-state index contributed by atoms with van der Waals surface area (Å²) in [5, 5.41) is 2.86. The summed E-state index contributed by atoms with van der Waals surface area (Å²) in [4.78, 5) is 11.9. The van der Waals surface area contributed by atoms with Crippen molar-refractivity contribution in [2.24, 2.45) is 0 Å². The number of amides is 1. The van der Waals surface area contributed by atoms with E-state index in [1.807, 2.05) is 0 Å². The Morgan fingerprint density at radius 2 is 1.83 bits per heavy atom. The fourth-order valence-corrected chi connectivity index (χ4v) is 3.74. The fourth-order valence-electron chi connectivity index (χ4n) is 2.34. The van der Waals surface area contributed by atoms with Crippen LogP contribution in [0.4, 0.5) is 0 Å². The van der Waals surface area contributed by atoms with Gasteiger partial charge in [0.1, 0.15) is 0 Å². The Morgan fingerprint density at radius 3 is 2.43 bits per heavy atom. The minimum absolute atomic E-state index is 0.113. The van der Waals surface area contributed by atoms with E-state index in [4.69, 9.17) is 4.74 Å². The van der Waals surface area contributed by atoms with E-state index in [9.17, 15) is 13.2 Å². The van der Waals surface area contributed by atoms with Gasteiger partial charge >= 0.3 is 0 Å². The lowest BCUT2D eigenvalue weighted by molar-refractivity contribution is -0.116. The van der Waals surface area contributed by atoms with Gasteiger partial charge in [-0.2, -0.15) is 4.31 Å². The van der Waals surface area contributed by atoms with E-state index in [1.54, 1.807) is 30.3 Å².